The molecule has 1 fully saturated rings. The number of ether oxygens (including phenoxy) is 2. The first kappa shape index (κ1) is 17.7. The summed E-state index contributed by atoms with van der Waals surface area (Å²) in [5.41, 5.74) is 3.79. The number of pyridine rings is 1. The normalized spacial score (nSPS) is 17.1. The van der Waals surface area contributed by atoms with Gasteiger partial charge in [0.1, 0.15) is 11.6 Å². The highest BCUT2D eigenvalue weighted by molar-refractivity contribution is 5.78. The number of hydrogen-bond acceptors (Lipinski definition) is 5. The molecule has 0 N–H and O–H groups in total. The van der Waals surface area contributed by atoms with Crippen molar-refractivity contribution < 1.29 is 14.3 Å². The third kappa shape index (κ3) is 3.77. The van der Waals surface area contributed by atoms with Crippen LogP contribution in [0.15, 0.2) is 0 Å². The van der Waals surface area contributed by atoms with Gasteiger partial charge in [-0.2, -0.15) is 5.26 Å². The number of amides is 1. The maximum atomic E-state index is 12.3. The summed E-state index contributed by atoms with van der Waals surface area (Å²) in [6.45, 7) is 6.41. The highest BCUT2D eigenvalue weighted by Crippen LogP contribution is 2.34. The number of morpholine rings is 1. The molecule has 6 heteroatoms. The summed E-state index contributed by atoms with van der Waals surface area (Å²) >= 11 is 0. The first-order valence-corrected chi connectivity index (χ1v) is 9.06. The largest absolute Gasteiger partial charge is 0.467 e. The standard InChI is InChI=1S/C19H25N3O3/c1-13(2)18-15-6-4-3-5-14(15)16(11-20)19(21-18)25-12-17(23)22-7-9-24-10-8-22/h13H,3-10,12H2,1-2H3. The van der Waals surface area contributed by atoms with Crippen molar-refractivity contribution in [2.75, 3.05) is 32.9 Å². The number of fused-ring (bicyclic) bond motifs is 1. The molecule has 0 spiro atoms. The zero-order valence-corrected chi connectivity index (χ0v) is 15.0. The van der Waals surface area contributed by atoms with Crippen LogP contribution < -0.4 is 4.74 Å². The molecular formula is C19H25N3O3. The summed E-state index contributed by atoms with van der Waals surface area (Å²) in [5, 5.41) is 9.64. The number of carbonyl (C=O) groups is 1. The second-order valence-electron chi connectivity index (χ2n) is 6.89. The Bertz CT molecular complexity index is 688. The fourth-order valence-electron chi connectivity index (χ4n) is 3.56. The summed E-state index contributed by atoms with van der Waals surface area (Å²) in [7, 11) is 0. The lowest BCUT2D eigenvalue weighted by molar-refractivity contribution is -0.137. The van der Waals surface area contributed by atoms with Crippen LogP contribution in [0.5, 0.6) is 5.88 Å². The van der Waals surface area contributed by atoms with Gasteiger partial charge in [-0.15, -0.1) is 0 Å². The SMILES string of the molecule is CC(C)c1nc(OCC(=O)N2CCOCC2)c(C#N)c2c1CCCC2. The van der Waals surface area contributed by atoms with Gasteiger partial charge in [0.15, 0.2) is 6.61 Å². The Hall–Kier alpha value is -2.13. The molecule has 0 radical (unpaired) electrons. The molecule has 2 aliphatic rings. The molecule has 134 valence electrons. The van der Waals surface area contributed by atoms with E-state index in [-0.39, 0.29) is 18.4 Å². The van der Waals surface area contributed by atoms with Crippen molar-refractivity contribution in [1.82, 2.24) is 9.88 Å². The number of rotatable bonds is 4. The predicted octanol–water partition coefficient (Wildman–Crippen LogP) is 2.19. The van der Waals surface area contributed by atoms with Crippen molar-refractivity contribution >= 4 is 5.91 Å². The number of nitriles is 1. The van der Waals surface area contributed by atoms with E-state index >= 15 is 0 Å². The van der Waals surface area contributed by atoms with Gasteiger partial charge in [0.25, 0.3) is 5.91 Å². The van der Waals surface area contributed by atoms with Crippen LogP contribution >= 0.6 is 0 Å². The smallest absolute Gasteiger partial charge is 0.260 e. The lowest BCUT2D eigenvalue weighted by Gasteiger charge is -2.27. The van der Waals surface area contributed by atoms with Gasteiger partial charge in [0.05, 0.1) is 18.9 Å². The van der Waals surface area contributed by atoms with Crippen molar-refractivity contribution in [3.05, 3.63) is 22.4 Å². The zero-order chi connectivity index (χ0) is 17.8. The van der Waals surface area contributed by atoms with Gasteiger partial charge < -0.3 is 14.4 Å². The van der Waals surface area contributed by atoms with Crippen LogP contribution in [-0.4, -0.2) is 48.7 Å². The maximum absolute atomic E-state index is 12.3. The molecule has 1 aromatic heterocycles. The quantitative estimate of drug-likeness (QED) is 0.838. The van der Waals surface area contributed by atoms with E-state index in [0.29, 0.717) is 37.7 Å². The fourth-order valence-corrected chi connectivity index (χ4v) is 3.56. The second kappa shape index (κ2) is 7.83. The Morgan fingerprint density at radius 3 is 2.60 bits per heavy atom. The molecule has 0 atom stereocenters. The lowest BCUT2D eigenvalue weighted by atomic mass is 9.85. The molecule has 6 nitrogen and oxygen atoms in total. The van der Waals surface area contributed by atoms with E-state index in [0.717, 1.165) is 36.9 Å². The zero-order valence-electron chi connectivity index (χ0n) is 15.0. The topological polar surface area (TPSA) is 75.4 Å². The molecule has 0 bridgehead atoms. The minimum Gasteiger partial charge on any atom is -0.467 e. The van der Waals surface area contributed by atoms with Crippen molar-refractivity contribution in [2.24, 2.45) is 0 Å². The van der Waals surface area contributed by atoms with Crippen LogP contribution in [0.2, 0.25) is 0 Å². The van der Waals surface area contributed by atoms with Gasteiger partial charge in [0.2, 0.25) is 5.88 Å². The third-order valence-corrected chi connectivity index (χ3v) is 4.87. The van der Waals surface area contributed by atoms with E-state index in [1.165, 1.54) is 5.56 Å². The summed E-state index contributed by atoms with van der Waals surface area (Å²) in [6.07, 6.45) is 4.07. The Labute approximate surface area is 148 Å². The van der Waals surface area contributed by atoms with E-state index in [9.17, 15) is 10.1 Å². The summed E-state index contributed by atoms with van der Waals surface area (Å²) in [5.74, 6) is 0.489. The fraction of sp³-hybridized carbons (Fsp3) is 0.632. The second-order valence-corrected chi connectivity index (χ2v) is 6.89. The number of carbonyl (C=O) groups excluding carboxylic acids is 1. The monoisotopic (exact) mass is 343 g/mol. The molecule has 25 heavy (non-hydrogen) atoms. The van der Waals surface area contributed by atoms with Crippen molar-refractivity contribution in [3.8, 4) is 11.9 Å². The highest BCUT2D eigenvalue weighted by atomic mass is 16.5. The molecule has 2 heterocycles. The van der Waals surface area contributed by atoms with Crippen LogP contribution in [0.1, 0.15) is 55.0 Å². The average Bonchev–Trinajstić information content (AvgIpc) is 2.65. The summed E-state index contributed by atoms with van der Waals surface area (Å²) in [4.78, 5) is 18.7. The minimum atomic E-state index is -0.0854. The van der Waals surface area contributed by atoms with Gasteiger partial charge in [-0.25, -0.2) is 4.98 Å². The Morgan fingerprint density at radius 2 is 1.96 bits per heavy atom. The van der Waals surface area contributed by atoms with Crippen molar-refractivity contribution in [3.63, 3.8) is 0 Å². The van der Waals surface area contributed by atoms with E-state index in [4.69, 9.17) is 9.47 Å². The molecule has 1 aliphatic heterocycles. The highest BCUT2D eigenvalue weighted by Gasteiger charge is 2.25. The molecule has 1 saturated heterocycles. The molecule has 0 saturated carbocycles. The molecular weight excluding hydrogens is 318 g/mol. The first-order valence-electron chi connectivity index (χ1n) is 9.06. The molecule has 3 rings (SSSR count). The van der Waals surface area contributed by atoms with Crippen molar-refractivity contribution in [1.29, 1.82) is 5.26 Å². The first-order chi connectivity index (χ1) is 12.1. The van der Waals surface area contributed by atoms with E-state index in [1.807, 2.05) is 0 Å². The third-order valence-electron chi connectivity index (χ3n) is 4.87. The van der Waals surface area contributed by atoms with Gasteiger partial charge >= 0.3 is 0 Å². The lowest BCUT2D eigenvalue weighted by Crippen LogP contribution is -2.43. The molecule has 0 aromatic carbocycles. The van der Waals surface area contributed by atoms with Gasteiger partial charge in [0, 0.05) is 13.1 Å². The molecule has 0 unspecified atom stereocenters. The van der Waals surface area contributed by atoms with Gasteiger partial charge in [-0.05, 0) is 42.7 Å². The van der Waals surface area contributed by atoms with E-state index in [1.54, 1.807) is 4.90 Å². The van der Waals surface area contributed by atoms with Gasteiger partial charge in [-0.3, -0.25) is 4.79 Å². The number of hydrogen-bond donors (Lipinski definition) is 0. The molecule has 1 aromatic rings. The Morgan fingerprint density at radius 1 is 1.28 bits per heavy atom. The van der Waals surface area contributed by atoms with E-state index in [2.05, 4.69) is 24.9 Å². The number of aromatic nitrogens is 1. The molecule has 1 amide bonds. The Balaban J connectivity index is 1.84. The van der Waals surface area contributed by atoms with Gasteiger partial charge in [-0.1, -0.05) is 13.8 Å². The Kier molecular flexibility index (Phi) is 5.54. The van der Waals surface area contributed by atoms with Crippen LogP contribution in [0.3, 0.4) is 0 Å². The van der Waals surface area contributed by atoms with Crippen molar-refractivity contribution in [2.45, 2.75) is 45.4 Å². The maximum Gasteiger partial charge on any atom is 0.260 e. The summed E-state index contributed by atoms with van der Waals surface area (Å²) < 4.78 is 11.0. The molecule has 1 aliphatic carbocycles. The van der Waals surface area contributed by atoms with Crippen LogP contribution in [-0.2, 0) is 22.4 Å². The van der Waals surface area contributed by atoms with Crippen LogP contribution in [0.25, 0.3) is 0 Å². The average molecular weight is 343 g/mol. The minimum absolute atomic E-state index is 0.0853. The van der Waals surface area contributed by atoms with Crippen LogP contribution in [0.4, 0.5) is 0 Å². The number of nitrogens with zero attached hydrogens (tertiary/aromatic N) is 3. The van der Waals surface area contributed by atoms with E-state index < -0.39 is 0 Å². The van der Waals surface area contributed by atoms with Crippen LogP contribution in [0, 0.1) is 11.3 Å². The predicted molar refractivity (Wildman–Crippen MR) is 92.6 cm³/mol. The summed E-state index contributed by atoms with van der Waals surface area (Å²) in [6, 6.07) is 2.26.